The van der Waals surface area contributed by atoms with Crippen molar-refractivity contribution in [2.45, 2.75) is 40.0 Å². The normalized spacial score (nSPS) is 13.9. The molecule has 3 heteroatoms. The summed E-state index contributed by atoms with van der Waals surface area (Å²) in [6, 6.07) is 9.62. The molecule has 0 N–H and O–H groups in total. The van der Waals surface area contributed by atoms with Gasteiger partial charge in [-0.15, -0.1) is 0 Å². The standard InChI is InChI=1S/C18H30NOS/c1-4-7-14-19(6-3,13-5-2)15-16-21-18(20)17-11-9-8-10-12-17/h8-12H,4-7,13-16H2,1-3H3/q+1. The van der Waals surface area contributed by atoms with Crippen LogP contribution in [0.25, 0.3) is 0 Å². The summed E-state index contributed by atoms with van der Waals surface area (Å²) < 4.78 is 1.17. The van der Waals surface area contributed by atoms with Crippen LogP contribution in [0.3, 0.4) is 0 Å². The molecule has 1 rings (SSSR count). The van der Waals surface area contributed by atoms with Crippen molar-refractivity contribution in [3.05, 3.63) is 35.9 Å². The highest BCUT2D eigenvalue weighted by atomic mass is 32.2. The van der Waals surface area contributed by atoms with Crippen molar-refractivity contribution in [3.63, 3.8) is 0 Å². The third-order valence-electron chi connectivity index (χ3n) is 4.16. The summed E-state index contributed by atoms with van der Waals surface area (Å²) in [5.74, 6) is 0.922. The first kappa shape index (κ1) is 18.2. The van der Waals surface area contributed by atoms with Crippen molar-refractivity contribution in [3.8, 4) is 0 Å². The van der Waals surface area contributed by atoms with Gasteiger partial charge in [-0.1, -0.05) is 62.4 Å². The lowest BCUT2D eigenvalue weighted by molar-refractivity contribution is -0.924. The lowest BCUT2D eigenvalue weighted by atomic mass is 10.2. The monoisotopic (exact) mass is 308 g/mol. The van der Waals surface area contributed by atoms with E-state index >= 15 is 0 Å². The van der Waals surface area contributed by atoms with E-state index in [1.807, 2.05) is 30.3 Å². The van der Waals surface area contributed by atoms with E-state index in [0.29, 0.717) is 0 Å². The number of thioether (sulfide) groups is 1. The van der Waals surface area contributed by atoms with Crippen LogP contribution >= 0.6 is 11.8 Å². The van der Waals surface area contributed by atoms with Crippen molar-refractivity contribution in [1.29, 1.82) is 0 Å². The van der Waals surface area contributed by atoms with E-state index in [0.717, 1.165) is 17.9 Å². The van der Waals surface area contributed by atoms with E-state index in [1.54, 1.807) is 0 Å². The Labute approximate surface area is 134 Å². The summed E-state index contributed by atoms with van der Waals surface area (Å²) >= 11 is 1.48. The van der Waals surface area contributed by atoms with E-state index in [2.05, 4.69) is 20.8 Å². The first-order chi connectivity index (χ1) is 10.2. The van der Waals surface area contributed by atoms with Gasteiger partial charge in [-0.25, -0.2) is 0 Å². The molecule has 0 aliphatic carbocycles. The van der Waals surface area contributed by atoms with E-state index in [4.69, 9.17) is 0 Å². The Morgan fingerprint density at radius 2 is 1.71 bits per heavy atom. The molecule has 2 nitrogen and oxygen atoms in total. The highest BCUT2D eigenvalue weighted by Gasteiger charge is 2.23. The van der Waals surface area contributed by atoms with Gasteiger partial charge in [0.05, 0.1) is 31.9 Å². The van der Waals surface area contributed by atoms with Crippen molar-refractivity contribution < 1.29 is 9.28 Å². The first-order valence-electron chi connectivity index (χ1n) is 8.24. The average Bonchev–Trinajstić information content (AvgIpc) is 2.53. The smallest absolute Gasteiger partial charge is 0.219 e. The lowest BCUT2D eigenvalue weighted by Gasteiger charge is -2.37. The van der Waals surface area contributed by atoms with Gasteiger partial charge < -0.3 is 4.48 Å². The molecule has 1 aromatic rings. The summed E-state index contributed by atoms with van der Waals surface area (Å²) in [4.78, 5) is 12.1. The number of carbonyl (C=O) groups excluding carboxylic acids is 1. The topological polar surface area (TPSA) is 17.1 Å². The summed E-state index contributed by atoms with van der Waals surface area (Å²) in [5.41, 5.74) is 0.821. The SMILES string of the molecule is CCCC[N+](CC)(CCC)CCSC(=O)c1ccccc1. The minimum absolute atomic E-state index is 0.205. The Kier molecular flexibility index (Phi) is 8.70. The van der Waals surface area contributed by atoms with E-state index in [1.165, 1.54) is 55.1 Å². The summed E-state index contributed by atoms with van der Waals surface area (Å²) in [5, 5.41) is 0.205. The van der Waals surface area contributed by atoms with Crippen LogP contribution in [0.1, 0.15) is 50.4 Å². The van der Waals surface area contributed by atoms with Gasteiger partial charge in [0, 0.05) is 5.56 Å². The van der Waals surface area contributed by atoms with Gasteiger partial charge in [0.2, 0.25) is 5.12 Å². The zero-order chi connectivity index (χ0) is 15.6. The molecule has 1 aromatic carbocycles. The molecule has 0 aliphatic heterocycles. The summed E-state index contributed by atoms with van der Waals surface area (Å²) in [6.45, 7) is 11.6. The number of quaternary nitrogens is 1. The zero-order valence-corrected chi connectivity index (χ0v) is 14.6. The second-order valence-corrected chi connectivity index (χ2v) is 6.75. The van der Waals surface area contributed by atoms with Crippen LogP contribution < -0.4 is 0 Å². The minimum Gasteiger partial charge on any atom is -0.323 e. The predicted molar refractivity (Wildman–Crippen MR) is 93.8 cm³/mol. The number of benzene rings is 1. The van der Waals surface area contributed by atoms with Crippen LogP contribution in [0, 0.1) is 0 Å². The Morgan fingerprint density at radius 3 is 2.29 bits per heavy atom. The highest BCUT2D eigenvalue weighted by molar-refractivity contribution is 8.14. The van der Waals surface area contributed by atoms with Crippen LogP contribution in [0.4, 0.5) is 0 Å². The largest absolute Gasteiger partial charge is 0.323 e. The molecule has 21 heavy (non-hydrogen) atoms. The molecule has 0 radical (unpaired) electrons. The van der Waals surface area contributed by atoms with Crippen LogP contribution in [0.15, 0.2) is 30.3 Å². The van der Waals surface area contributed by atoms with Gasteiger partial charge in [0.25, 0.3) is 0 Å². The van der Waals surface area contributed by atoms with Crippen LogP contribution in [0.5, 0.6) is 0 Å². The fourth-order valence-electron chi connectivity index (χ4n) is 2.77. The number of carbonyl (C=O) groups is 1. The van der Waals surface area contributed by atoms with Crippen molar-refractivity contribution in [2.24, 2.45) is 0 Å². The number of hydrogen-bond donors (Lipinski definition) is 0. The molecule has 0 heterocycles. The van der Waals surface area contributed by atoms with E-state index in [9.17, 15) is 4.79 Å². The summed E-state index contributed by atoms with van der Waals surface area (Å²) in [7, 11) is 0. The number of unbranched alkanes of at least 4 members (excludes halogenated alkanes) is 1. The molecule has 0 amide bonds. The van der Waals surface area contributed by atoms with E-state index < -0.39 is 0 Å². The maximum absolute atomic E-state index is 12.1. The van der Waals surface area contributed by atoms with Crippen LogP contribution in [-0.2, 0) is 0 Å². The van der Waals surface area contributed by atoms with Gasteiger partial charge in [0.1, 0.15) is 0 Å². The quantitative estimate of drug-likeness (QED) is 0.587. The van der Waals surface area contributed by atoms with Crippen molar-refractivity contribution in [1.82, 2.24) is 0 Å². The number of nitrogens with zero attached hydrogens (tertiary/aromatic N) is 1. The van der Waals surface area contributed by atoms with Gasteiger partial charge in [-0.05, 0) is 19.8 Å². The molecule has 0 fully saturated rings. The number of hydrogen-bond acceptors (Lipinski definition) is 2. The maximum Gasteiger partial charge on any atom is 0.219 e. The summed E-state index contributed by atoms with van der Waals surface area (Å²) in [6.07, 6.45) is 3.75. The highest BCUT2D eigenvalue weighted by Crippen LogP contribution is 2.17. The molecule has 0 aromatic heterocycles. The van der Waals surface area contributed by atoms with Gasteiger partial charge >= 0.3 is 0 Å². The Balaban J connectivity index is 2.50. The Hall–Kier alpha value is -0.800. The Bertz CT molecular complexity index is 407. The van der Waals surface area contributed by atoms with Gasteiger partial charge in [0.15, 0.2) is 0 Å². The minimum atomic E-state index is 0.205. The van der Waals surface area contributed by atoms with Crippen molar-refractivity contribution in [2.75, 3.05) is 31.9 Å². The fourth-order valence-corrected chi connectivity index (χ4v) is 3.73. The average molecular weight is 309 g/mol. The molecule has 118 valence electrons. The van der Waals surface area contributed by atoms with Crippen LogP contribution in [0.2, 0.25) is 0 Å². The van der Waals surface area contributed by atoms with Crippen LogP contribution in [-0.4, -0.2) is 41.5 Å². The molecule has 0 aliphatic rings. The second-order valence-electron chi connectivity index (χ2n) is 5.68. The molecule has 1 unspecified atom stereocenters. The lowest BCUT2D eigenvalue weighted by Crippen LogP contribution is -2.50. The maximum atomic E-state index is 12.1. The first-order valence-corrected chi connectivity index (χ1v) is 9.23. The molecule has 0 saturated heterocycles. The predicted octanol–water partition coefficient (Wildman–Crippen LogP) is 4.61. The fraction of sp³-hybridized carbons (Fsp3) is 0.611. The van der Waals surface area contributed by atoms with Crippen molar-refractivity contribution >= 4 is 16.9 Å². The molecule has 0 saturated carbocycles. The molecular formula is C18H30NOS+. The third-order valence-corrected chi connectivity index (χ3v) is 5.05. The zero-order valence-electron chi connectivity index (χ0n) is 13.8. The third kappa shape index (κ3) is 6.23. The molecule has 1 atom stereocenters. The molecule has 0 bridgehead atoms. The molecule has 0 spiro atoms. The van der Waals surface area contributed by atoms with E-state index in [-0.39, 0.29) is 5.12 Å². The molecular weight excluding hydrogens is 278 g/mol. The van der Waals surface area contributed by atoms with Gasteiger partial charge in [-0.3, -0.25) is 4.79 Å². The van der Waals surface area contributed by atoms with Gasteiger partial charge in [-0.2, -0.15) is 0 Å². The second kappa shape index (κ2) is 10.0. The number of rotatable bonds is 10. The Morgan fingerprint density at radius 1 is 1.00 bits per heavy atom.